The molecule has 0 saturated heterocycles. The predicted octanol–water partition coefficient (Wildman–Crippen LogP) is 0.662. The average molecular weight is 337 g/mol. The zero-order valence-corrected chi connectivity index (χ0v) is 13.4. The summed E-state index contributed by atoms with van der Waals surface area (Å²) in [4.78, 5) is 36.4. The number of amides is 1. The van der Waals surface area contributed by atoms with Gasteiger partial charge in [-0.1, -0.05) is 0 Å². The zero-order chi connectivity index (χ0) is 17.9. The van der Waals surface area contributed by atoms with Gasteiger partial charge in [-0.25, -0.2) is 9.18 Å². The van der Waals surface area contributed by atoms with E-state index < -0.39 is 30.2 Å². The van der Waals surface area contributed by atoms with Crippen LogP contribution in [0.5, 0.6) is 0 Å². The van der Waals surface area contributed by atoms with Gasteiger partial charge < -0.3 is 14.1 Å². The smallest absolute Gasteiger partial charge is 0.437 e. The minimum atomic E-state index is -0.980. The minimum absolute atomic E-state index is 0.0507. The van der Waals surface area contributed by atoms with Crippen molar-refractivity contribution >= 4 is 11.9 Å². The highest BCUT2D eigenvalue weighted by atomic mass is 19.1. The Morgan fingerprint density at radius 1 is 1.33 bits per heavy atom. The molecule has 2 aromatic rings. The second kappa shape index (κ2) is 7.07. The van der Waals surface area contributed by atoms with E-state index in [1.165, 1.54) is 50.2 Å². The Morgan fingerprint density at radius 3 is 2.54 bits per heavy atom. The average Bonchev–Trinajstić information content (AvgIpc) is 2.87. The maximum atomic E-state index is 12.9. The number of hydrogen-bond acceptors (Lipinski definition) is 6. The van der Waals surface area contributed by atoms with Gasteiger partial charge in [0.1, 0.15) is 12.4 Å². The Balaban J connectivity index is 2.08. The highest BCUT2D eigenvalue weighted by molar-refractivity contribution is 5.83. The lowest BCUT2D eigenvalue weighted by molar-refractivity contribution is -0.158. The van der Waals surface area contributed by atoms with E-state index in [1.807, 2.05) is 0 Å². The molecule has 1 aromatic carbocycles. The van der Waals surface area contributed by atoms with Crippen LogP contribution in [-0.4, -0.2) is 46.8 Å². The first kappa shape index (κ1) is 17.4. The van der Waals surface area contributed by atoms with Crippen LogP contribution >= 0.6 is 0 Å². The molecule has 128 valence electrons. The third-order valence-corrected chi connectivity index (χ3v) is 3.07. The third kappa shape index (κ3) is 4.06. The normalized spacial score (nSPS) is 11.8. The number of likely N-dealkylation sites (N-methyl/N-ethyl adjacent to an activating group) is 1. The minimum Gasteiger partial charge on any atom is -0.451 e. The molecule has 8 nitrogen and oxygen atoms in total. The van der Waals surface area contributed by atoms with Gasteiger partial charge in [0.15, 0.2) is 6.10 Å². The van der Waals surface area contributed by atoms with Crippen molar-refractivity contribution in [1.29, 1.82) is 0 Å². The van der Waals surface area contributed by atoms with Crippen LogP contribution in [0.2, 0.25) is 0 Å². The number of halogens is 1. The zero-order valence-electron chi connectivity index (χ0n) is 13.4. The molecule has 0 fully saturated rings. The molecule has 1 heterocycles. The number of aromatic nitrogens is 2. The summed E-state index contributed by atoms with van der Waals surface area (Å²) in [6.07, 6.45) is -0.980. The third-order valence-electron chi connectivity index (χ3n) is 3.07. The molecule has 24 heavy (non-hydrogen) atoms. The van der Waals surface area contributed by atoms with Gasteiger partial charge in [0.05, 0.1) is 0 Å². The molecule has 0 spiro atoms. The molecule has 0 bridgehead atoms. The van der Waals surface area contributed by atoms with Crippen LogP contribution in [0.4, 0.5) is 4.39 Å². The fraction of sp³-hybridized carbons (Fsp3) is 0.333. The van der Waals surface area contributed by atoms with E-state index in [1.54, 1.807) is 0 Å². The monoisotopic (exact) mass is 337 g/mol. The summed E-state index contributed by atoms with van der Waals surface area (Å²) in [7, 11) is 3.06. The summed E-state index contributed by atoms with van der Waals surface area (Å²) in [6, 6.07) is 5.16. The van der Waals surface area contributed by atoms with Gasteiger partial charge in [0.2, 0.25) is 5.89 Å². The lowest BCUT2D eigenvalue weighted by atomic mass is 10.2. The first-order valence-corrected chi connectivity index (χ1v) is 7.02. The second-order valence-corrected chi connectivity index (χ2v) is 5.20. The second-order valence-electron chi connectivity index (χ2n) is 5.20. The van der Waals surface area contributed by atoms with Gasteiger partial charge in [0, 0.05) is 19.7 Å². The fourth-order valence-corrected chi connectivity index (χ4v) is 1.89. The largest absolute Gasteiger partial charge is 0.451 e. The molecule has 1 atom stereocenters. The van der Waals surface area contributed by atoms with Crippen molar-refractivity contribution in [2.75, 3.05) is 14.1 Å². The van der Waals surface area contributed by atoms with Crippen molar-refractivity contribution in [1.82, 2.24) is 14.7 Å². The van der Waals surface area contributed by atoms with Crippen molar-refractivity contribution in [2.24, 2.45) is 0 Å². The molecule has 1 amide bonds. The van der Waals surface area contributed by atoms with Gasteiger partial charge in [0.25, 0.3) is 5.91 Å². The number of carbonyl (C=O) groups is 2. The van der Waals surface area contributed by atoms with Crippen molar-refractivity contribution < 1.29 is 23.1 Å². The molecule has 0 N–H and O–H groups in total. The quantitative estimate of drug-likeness (QED) is 0.744. The maximum Gasteiger partial charge on any atom is 0.437 e. The summed E-state index contributed by atoms with van der Waals surface area (Å²) in [5.74, 6) is -2.55. The first-order chi connectivity index (χ1) is 11.3. The maximum absolute atomic E-state index is 12.9. The van der Waals surface area contributed by atoms with Gasteiger partial charge in [-0.3, -0.25) is 9.59 Å². The van der Waals surface area contributed by atoms with Crippen molar-refractivity contribution in [2.45, 2.75) is 19.6 Å². The molecule has 1 aromatic heterocycles. The summed E-state index contributed by atoms with van der Waals surface area (Å²) >= 11 is 0. The van der Waals surface area contributed by atoms with Crippen LogP contribution in [0.1, 0.15) is 6.92 Å². The summed E-state index contributed by atoms with van der Waals surface area (Å²) in [5, 5.41) is 3.86. The Kier molecular flexibility index (Phi) is 5.12. The highest BCUT2D eigenvalue weighted by Gasteiger charge is 2.21. The SMILES string of the molecule is CC(OC(=O)Cn1nc(-c2ccc(F)cc2)oc1=O)C(=O)N(C)C. The van der Waals surface area contributed by atoms with E-state index in [2.05, 4.69) is 5.10 Å². The van der Waals surface area contributed by atoms with Gasteiger partial charge in [-0.2, -0.15) is 4.68 Å². The number of nitrogens with zero attached hydrogens (tertiary/aromatic N) is 3. The number of benzene rings is 1. The van der Waals surface area contributed by atoms with Crippen molar-refractivity contribution in [3.8, 4) is 11.5 Å². The van der Waals surface area contributed by atoms with Crippen LogP contribution in [0.25, 0.3) is 11.5 Å². The van der Waals surface area contributed by atoms with E-state index in [0.29, 0.717) is 5.56 Å². The van der Waals surface area contributed by atoms with Crippen LogP contribution in [0.15, 0.2) is 33.5 Å². The molecular weight excluding hydrogens is 321 g/mol. The molecule has 9 heteroatoms. The molecular formula is C15H16FN3O5. The fourth-order valence-electron chi connectivity index (χ4n) is 1.89. The summed E-state index contributed by atoms with van der Waals surface area (Å²) in [5.41, 5.74) is 0.386. The van der Waals surface area contributed by atoms with Crippen molar-refractivity contribution in [3.63, 3.8) is 0 Å². The Hall–Kier alpha value is -2.97. The standard InChI is InChI=1S/C15H16FN3O5/c1-9(14(21)18(2)3)23-12(20)8-19-15(22)24-13(17-19)10-4-6-11(16)7-5-10/h4-7,9H,8H2,1-3H3. The molecule has 0 radical (unpaired) electrons. The molecule has 2 rings (SSSR count). The highest BCUT2D eigenvalue weighted by Crippen LogP contribution is 2.15. The van der Waals surface area contributed by atoms with Crippen LogP contribution in [0.3, 0.4) is 0 Å². The van der Waals surface area contributed by atoms with Gasteiger partial charge in [-0.05, 0) is 31.2 Å². The number of hydrogen-bond donors (Lipinski definition) is 0. The van der Waals surface area contributed by atoms with Crippen LogP contribution < -0.4 is 5.76 Å². The number of carbonyl (C=O) groups excluding carboxylic acids is 2. The predicted molar refractivity (Wildman–Crippen MR) is 80.4 cm³/mol. The Morgan fingerprint density at radius 2 is 1.96 bits per heavy atom. The number of rotatable bonds is 5. The molecule has 0 aliphatic carbocycles. The van der Waals surface area contributed by atoms with E-state index in [-0.39, 0.29) is 11.8 Å². The number of ether oxygens (including phenoxy) is 1. The van der Waals surface area contributed by atoms with Crippen molar-refractivity contribution in [3.05, 3.63) is 40.6 Å². The summed E-state index contributed by atoms with van der Waals surface area (Å²) < 4.78 is 23.5. The molecule has 0 saturated carbocycles. The molecule has 0 aliphatic rings. The van der Waals surface area contributed by atoms with Crippen LogP contribution in [0, 0.1) is 5.82 Å². The van der Waals surface area contributed by atoms with Gasteiger partial charge in [-0.15, -0.1) is 5.10 Å². The van der Waals surface area contributed by atoms with E-state index in [0.717, 1.165) is 4.68 Å². The Bertz CT molecular complexity index is 794. The number of esters is 1. The van der Waals surface area contributed by atoms with E-state index >= 15 is 0 Å². The topological polar surface area (TPSA) is 94.6 Å². The molecule has 0 aliphatic heterocycles. The van der Waals surface area contributed by atoms with Crippen LogP contribution in [-0.2, 0) is 20.9 Å². The van der Waals surface area contributed by atoms with E-state index in [9.17, 15) is 18.8 Å². The first-order valence-electron chi connectivity index (χ1n) is 7.02. The Labute approximate surface area is 136 Å². The van der Waals surface area contributed by atoms with Gasteiger partial charge >= 0.3 is 11.7 Å². The lowest BCUT2D eigenvalue weighted by Gasteiger charge is -2.16. The van der Waals surface area contributed by atoms with E-state index in [4.69, 9.17) is 9.15 Å². The lowest BCUT2D eigenvalue weighted by Crippen LogP contribution is -2.36. The molecule has 1 unspecified atom stereocenters. The summed E-state index contributed by atoms with van der Waals surface area (Å²) in [6.45, 7) is 0.921.